The number of ether oxygens (including phenoxy) is 1. The van der Waals surface area contributed by atoms with E-state index in [0.717, 1.165) is 5.56 Å². The van der Waals surface area contributed by atoms with Crippen LogP contribution in [0, 0.1) is 0 Å². The van der Waals surface area contributed by atoms with E-state index >= 15 is 0 Å². The largest absolute Gasteiger partial charge is 0.468 e. The Morgan fingerprint density at radius 2 is 2.09 bits per heavy atom. The Bertz CT molecular complexity index is 1290. The van der Waals surface area contributed by atoms with Gasteiger partial charge in [0.1, 0.15) is 18.3 Å². The van der Waals surface area contributed by atoms with Crippen molar-refractivity contribution in [3.8, 4) is 16.9 Å². The van der Waals surface area contributed by atoms with Gasteiger partial charge in [0.05, 0.1) is 25.2 Å². The molecule has 3 amide bonds. The standard InChI is InChI=1S/C21H19N7O5/c1-33-19(30)11-26-8-13(7-22-26)16-10-28(25-24-16)14-2-3-15-12(6-14)9-27(21(15)32)17-4-5-18(29)23-20(17)31/h2-3,6-8,10,17H,4-5,9,11H2,1H3,(H,23,29,31). The highest BCUT2D eigenvalue weighted by molar-refractivity contribution is 6.05. The minimum atomic E-state index is -0.662. The third kappa shape index (κ3) is 3.75. The van der Waals surface area contributed by atoms with E-state index in [1.807, 2.05) is 6.07 Å². The van der Waals surface area contributed by atoms with Crippen molar-refractivity contribution in [3.63, 3.8) is 0 Å². The first-order valence-corrected chi connectivity index (χ1v) is 10.2. The van der Waals surface area contributed by atoms with Crippen molar-refractivity contribution < 1.29 is 23.9 Å². The van der Waals surface area contributed by atoms with Gasteiger partial charge in [-0.2, -0.15) is 5.10 Å². The number of aromatic nitrogens is 5. The van der Waals surface area contributed by atoms with Gasteiger partial charge in [-0.15, -0.1) is 5.10 Å². The lowest BCUT2D eigenvalue weighted by atomic mass is 10.0. The van der Waals surface area contributed by atoms with Crippen molar-refractivity contribution in [3.05, 3.63) is 47.9 Å². The van der Waals surface area contributed by atoms with Crippen LogP contribution in [0.4, 0.5) is 0 Å². The Balaban J connectivity index is 1.35. The molecular formula is C21H19N7O5. The Hall–Kier alpha value is -4.35. The molecule has 1 saturated heterocycles. The maximum Gasteiger partial charge on any atom is 0.327 e. The molecule has 1 N–H and O–H groups in total. The van der Waals surface area contributed by atoms with Crippen molar-refractivity contribution in [1.82, 2.24) is 35.0 Å². The van der Waals surface area contributed by atoms with E-state index in [0.29, 0.717) is 28.9 Å². The molecule has 0 bridgehead atoms. The third-order valence-electron chi connectivity index (χ3n) is 5.71. The van der Waals surface area contributed by atoms with Crippen LogP contribution in [0.1, 0.15) is 28.8 Å². The van der Waals surface area contributed by atoms with Gasteiger partial charge in [0, 0.05) is 30.3 Å². The highest BCUT2D eigenvalue weighted by Crippen LogP contribution is 2.29. The monoisotopic (exact) mass is 449 g/mol. The molecule has 1 unspecified atom stereocenters. The van der Waals surface area contributed by atoms with E-state index in [2.05, 4.69) is 25.5 Å². The molecule has 1 atom stereocenters. The number of amides is 3. The molecule has 2 aliphatic heterocycles. The van der Waals surface area contributed by atoms with Gasteiger partial charge in [0.25, 0.3) is 5.91 Å². The molecule has 33 heavy (non-hydrogen) atoms. The number of benzene rings is 1. The summed E-state index contributed by atoms with van der Waals surface area (Å²) in [5.41, 5.74) is 3.24. The summed E-state index contributed by atoms with van der Waals surface area (Å²) in [5, 5.41) is 14.8. The number of rotatable bonds is 5. The lowest BCUT2D eigenvalue weighted by Crippen LogP contribution is -2.52. The zero-order chi connectivity index (χ0) is 23.1. The number of piperidine rings is 1. The van der Waals surface area contributed by atoms with Crippen LogP contribution in [0.3, 0.4) is 0 Å². The maximum atomic E-state index is 12.8. The molecule has 0 aliphatic carbocycles. The highest BCUT2D eigenvalue weighted by Gasteiger charge is 2.39. The minimum absolute atomic E-state index is 0.00678. The smallest absolute Gasteiger partial charge is 0.327 e. The number of esters is 1. The number of nitrogens with zero attached hydrogens (tertiary/aromatic N) is 6. The first kappa shape index (κ1) is 20.5. The number of carbonyl (C=O) groups excluding carboxylic acids is 4. The summed E-state index contributed by atoms with van der Waals surface area (Å²) >= 11 is 0. The number of imide groups is 1. The van der Waals surface area contributed by atoms with E-state index in [1.165, 1.54) is 16.7 Å². The first-order valence-electron chi connectivity index (χ1n) is 10.2. The van der Waals surface area contributed by atoms with E-state index in [1.54, 1.807) is 35.4 Å². The summed E-state index contributed by atoms with van der Waals surface area (Å²) in [5.74, 6) is -1.41. The van der Waals surface area contributed by atoms with Gasteiger partial charge in [-0.3, -0.25) is 29.2 Å². The van der Waals surface area contributed by atoms with Gasteiger partial charge in [-0.05, 0) is 30.2 Å². The molecule has 0 saturated carbocycles. The average molecular weight is 449 g/mol. The van der Waals surface area contributed by atoms with Crippen LogP contribution in [-0.2, 0) is 32.2 Å². The topological polar surface area (TPSA) is 141 Å². The highest BCUT2D eigenvalue weighted by atomic mass is 16.5. The quantitative estimate of drug-likeness (QED) is 0.426. The molecule has 2 aliphatic rings. The van der Waals surface area contributed by atoms with E-state index < -0.39 is 17.9 Å². The summed E-state index contributed by atoms with van der Waals surface area (Å²) in [6.07, 6.45) is 5.49. The molecule has 5 rings (SSSR count). The minimum Gasteiger partial charge on any atom is -0.468 e. The predicted octanol–water partition coefficient (Wildman–Crippen LogP) is 0.0648. The van der Waals surface area contributed by atoms with Gasteiger partial charge in [0.2, 0.25) is 11.8 Å². The number of carbonyl (C=O) groups is 4. The number of nitrogens with one attached hydrogen (secondary N) is 1. The molecule has 12 nitrogen and oxygen atoms in total. The summed E-state index contributed by atoms with van der Waals surface area (Å²) in [6.45, 7) is 0.267. The molecule has 168 valence electrons. The molecule has 3 aromatic rings. The Morgan fingerprint density at radius 3 is 2.88 bits per heavy atom. The first-order chi connectivity index (χ1) is 15.9. The summed E-state index contributed by atoms with van der Waals surface area (Å²) in [6, 6.07) is 4.63. The number of hydrogen-bond donors (Lipinski definition) is 1. The van der Waals surface area contributed by atoms with Crippen molar-refractivity contribution in [2.75, 3.05) is 7.11 Å². The van der Waals surface area contributed by atoms with Crippen LogP contribution in [0.25, 0.3) is 16.9 Å². The van der Waals surface area contributed by atoms with Crippen molar-refractivity contribution >= 4 is 23.7 Å². The van der Waals surface area contributed by atoms with Gasteiger partial charge in [0.15, 0.2) is 0 Å². The Kier molecular flexibility index (Phi) is 4.96. The van der Waals surface area contributed by atoms with Gasteiger partial charge >= 0.3 is 5.97 Å². The fourth-order valence-corrected chi connectivity index (χ4v) is 4.00. The predicted molar refractivity (Wildman–Crippen MR) is 111 cm³/mol. The van der Waals surface area contributed by atoms with Crippen LogP contribution in [0.15, 0.2) is 36.8 Å². The molecule has 1 aromatic carbocycles. The Labute approximate surface area is 187 Å². The van der Waals surface area contributed by atoms with Crippen molar-refractivity contribution in [2.45, 2.75) is 32.0 Å². The third-order valence-corrected chi connectivity index (χ3v) is 5.71. The van der Waals surface area contributed by atoms with Gasteiger partial charge in [-0.1, -0.05) is 5.21 Å². The van der Waals surface area contributed by atoms with Crippen molar-refractivity contribution in [2.24, 2.45) is 0 Å². The fourth-order valence-electron chi connectivity index (χ4n) is 4.00. The molecule has 12 heteroatoms. The fraction of sp³-hybridized carbons (Fsp3) is 0.286. The zero-order valence-corrected chi connectivity index (χ0v) is 17.6. The summed E-state index contributed by atoms with van der Waals surface area (Å²) in [7, 11) is 1.31. The molecule has 0 radical (unpaired) electrons. The molecule has 4 heterocycles. The second-order valence-electron chi connectivity index (χ2n) is 7.79. The van der Waals surface area contributed by atoms with E-state index in [4.69, 9.17) is 0 Å². The van der Waals surface area contributed by atoms with E-state index in [-0.39, 0.29) is 31.3 Å². The molecular weight excluding hydrogens is 430 g/mol. The van der Waals surface area contributed by atoms with Crippen molar-refractivity contribution in [1.29, 1.82) is 0 Å². The summed E-state index contributed by atoms with van der Waals surface area (Å²) in [4.78, 5) is 49.4. The zero-order valence-electron chi connectivity index (χ0n) is 17.6. The molecule has 1 fully saturated rings. The Morgan fingerprint density at radius 1 is 1.24 bits per heavy atom. The lowest BCUT2D eigenvalue weighted by Gasteiger charge is -2.29. The number of methoxy groups -OCH3 is 1. The van der Waals surface area contributed by atoms with Gasteiger partial charge < -0.3 is 9.64 Å². The normalized spacial score (nSPS) is 17.8. The van der Waals surface area contributed by atoms with Crippen LogP contribution < -0.4 is 5.32 Å². The second-order valence-corrected chi connectivity index (χ2v) is 7.79. The second kappa shape index (κ2) is 7.97. The van der Waals surface area contributed by atoms with E-state index in [9.17, 15) is 19.2 Å². The summed E-state index contributed by atoms with van der Waals surface area (Å²) < 4.78 is 7.66. The number of fused-ring (bicyclic) bond motifs is 1. The van der Waals surface area contributed by atoms with Crippen LogP contribution >= 0.6 is 0 Å². The van der Waals surface area contributed by atoms with Crippen LogP contribution in [0.2, 0.25) is 0 Å². The molecule has 2 aromatic heterocycles. The average Bonchev–Trinajstić information content (AvgIpc) is 3.53. The van der Waals surface area contributed by atoms with Crippen LogP contribution in [-0.4, -0.2) is 66.5 Å². The maximum absolute atomic E-state index is 12.8. The van der Waals surface area contributed by atoms with Crippen LogP contribution in [0.5, 0.6) is 0 Å². The van der Waals surface area contributed by atoms with Gasteiger partial charge in [-0.25, -0.2) is 4.68 Å². The molecule has 0 spiro atoms. The lowest BCUT2D eigenvalue weighted by molar-refractivity contribution is -0.141. The SMILES string of the molecule is COC(=O)Cn1cc(-c2cn(-c3ccc4c(c3)CN(C3CCC(=O)NC3=O)C4=O)nn2)cn1. The number of hydrogen-bond acceptors (Lipinski definition) is 8.